The minimum absolute atomic E-state index is 1.06. The molecule has 7 aromatic carbocycles. The molecule has 0 aliphatic rings. The molecule has 7 rings (SSSR count). The number of nitrogens with zero attached hydrogens (tertiary/aromatic N) is 2. The number of anilines is 6. The first-order valence-corrected chi connectivity index (χ1v) is 14.8. The monoisotopic (exact) mass is 564 g/mol. The molecule has 0 bridgehead atoms. The van der Waals surface area contributed by atoms with Gasteiger partial charge in [0.2, 0.25) is 0 Å². The molecule has 0 N–H and O–H groups in total. The van der Waals surface area contributed by atoms with Gasteiger partial charge in [-0.1, -0.05) is 128 Å². The van der Waals surface area contributed by atoms with Gasteiger partial charge in [-0.15, -0.1) is 0 Å². The normalized spacial score (nSPS) is 10.9. The van der Waals surface area contributed by atoms with Crippen LogP contribution in [-0.4, -0.2) is 0 Å². The molecule has 2 heteroatoms. The molecule has 2 nitrogen and oxygen atoms in total. The first-order chi connectivity index (χ1) is 21.7. The Hall–Kier alpha value is -5.86. The molecule has 0 aliphatic carbocycles. The second-order valence-corrected chi connectivity index (χ2v) is 10.8. The van der Waals surface area contributed by atoms with Crippen LogP contribution in [0.5, 0.6) is 0 Å². The van der Waals surface area contributed by atoms with Crippen LogP contribution in [0.15, 0.2) is 171 Å². The fraction of sp³-hybridized carbons (Fsp3) is 0. The van der Waals surface area contributed by atoms with Crippen LogP contribution in [0.2, 0.25) is 0 Å². The van der Waals surface area contributed by atoms with Gasteiger partial charge in [-0.3, -0.25) is 0 Å². The molecular formula is C42H32N2. The molecule has 0 spiro atoms. The lowest BCUT2D eigenvalue weighted by Crippen LogP contribution is -2.13. The highest BCUT2D eigenvalue weighted by Crippen LogP contribution is 2.44. The van der Waals surface area contributed by atoms with Crippen molar-refractivity contribution in [1.82, 2.24) is 0 Å². The van der Waals surface area contributed by atoms with Crippen LogP contribution in [0, 0.1) is 0 Å². The lowest BCUT2D eigenvalue weighted by atomic mass is 10.0. The molecular weight excluding hydrogens is 532 g/mol. The molecule has 0 unspecified atom stereocenters. The molecule has 210 valence electrons. The minimum Gasteiger partial charge on any atom is -0.310 e. The van der Waals surface area contributed by atoms with Gasteiger partial charge in [-0.25, -0.2) is 0 Å². The van der Waals surface area contributed by atoms with Gasteiger partial charge < -0.3 is 9.80 Å². The Morgan fingerprint density at radius 3 is 1.39 bits per heavy atom. The first kappa shape index (κ1) is 27.0. The summed E-state index contributed by atoms with van der Waals surface area (Å²) in [6, 6.07) is 56.1. The predicted molar refractivity (Wildman–Crippen MR) is 191 cm³/mol. The Bertz CT molecular complexity index is 2110. The van der Waals surface area contributed by atoms with E-state index in [2.05, 4.69) is 181 Å². The molecule has 0 heterocycles. The van der Waals surface area contributed by atoms with Crippen molar-refractivity contribution in [3.63, 3.8) is 0 Å². The van der Waals surface area contributed by atoms with Crippen LogP contribution in [0.3, 0.4) is 0 Å². The fourth-order valence-corrected chi connectivity index (χ4v) is 5.98. The third-order valence-corrected chi connectivity index (χ3v) is 8.11. The van der Waals surface area contributed by atoms with Crippen molar-refractivity contribution in [1.29, 1.82) is 0 Å². The lowest BCUT2D eigenvalue weighted by molar-refractivity contribution is 1.26. The average molecular weight is 565 g/mol. The lowest BCUT2D eigenvalue weighted by Gasteiger charge is -2.30. The SMILES string of the molecule is C=Cc1ccc(N(c2cccc(N(c3cccc(C=C)c3)c3cccc4ccccc34)c2)c2cccc3ccccc23)cc1. The second-order valence-electron chi connectivity index (χ2n) is 10.8. The van der Waals surface area contributed by atoms with E-state index < -0.39 is 0 Å². The van der Waals surface area contributed by atoms with Crippen molar-refractivity contribution in [2.75, 3.05) is 9.80 Å². The van der Waals surface area contributed by atoms with Crippen LogP contribution in [0.4, 0.5) is 34.1 Å². The molecule has 0 radical (unpaired) electrons. The third-order valence-electron chi connectivity index (χ3n) is 8.11. The van der Waals surface area contributed by atoms with E-state index in [0.717, 1.165) is 45.3 Å². The fourth-order valence-electron chi connectivity index (χ4n) is 5.98. The largest absolute Gasteiger partial charge is 0.310 e. The molecule has 0 saturated heterocycles. The van der Waals surface area contributed by atoms with Gasteiger partial charge >= 0.3 is 0 Å². The van der Waals surface area contributed by atoms with E-state index in [-0.39, 0.29) is 0 Å². The van der Waals surface area contributed by atoms with Crippen LogP contribution in [-0.2, 0) is 0 Å². The van der Waals surface area contributed by atoms with Crippen molar-refractivity contribution >= 4 is 67.8 Å². The molecule has 0 aromatic heterocycles. The number of rotatable bonds is 8. The highest BCUT2D eigenvalue weighted by molar-refractivity contribution is 6.01. The highest BCUT2D eigenvalue weighted by atomic mass is 15.2. The summed E-state index contributed by atoms with van der Waals surface area (Å²) >= 11 is 0. The molecule has 0 aliphatic heterocycles. The summed E-state index contributed by atoms with van der Waals surface area (Å²) in [6.45, 7) is 8.00. The van der Waals surface area contributed by atoms with E-state index in [0.29, 0.717) is 0 Å². The maximum Gasteiger partial charge on any atom is 0.0540 e. The summed E-state index contributed by atoms with van der Waals surface area (Å²) in [5, 5.41) is 4.78. The Balaban J connectivity index is 1.46. The zero-order valence-corrected chi connectivity index (χ0v) is 24.5. The summed E-state index contributed by atoms with van der Waals surface area (Å²) in [5.41, 5.74) is 8.68. The predicted octanol–water partition coefficient (Wildman–Crippen LogP) is 12.2. The van der Waals surface area contributed by atoms with Crippen LogP contribution in [0.25, 0.3) is 33.7 Å². The van der Waals surface area contributed by atoms with E-state index >= 15 is 0 Å². The van der Waals surface area contributed by atoms with E-state index in [1.54, 1.807) is 0 Å². The van der Waals surface area contributed by atoms with Gasteiger partial charge in [0.25, 0.3) is 0 Å². The maximum atomic E-state index is 4.04. The Morgan fingerprint density at radius 1 is 0.364 bits per heavy atom. The van der Waals surface area contributed by atoms with Gasteiger partial charge in [0.05, 0.1) is 11.4 Å². The van der Waals surface area contributed by atoms with Gasteiger partial charge in [-0.05, 0) is 76.5 Å². The van der Waals surface area contributed by atoms with E-state index in [9.17, 15) is 0 Å². The van der Waals surface area contributed by atoms with E-state index in [4.69, 9.17) is 0 Å². The zero-order chi connectivity index (χ0) is 29.9. The Morgan fingerprint density at radius 2 is 0.818 bits per heavy atom. The smallest absolute Gasteiger partial charge is 0.0540 e. The highest BCUT2D eigenvalue weighted by Gasteiger charge is 2.20. The molecule has 0 amide bonds. The van der Waals surface area contributed by atoms with Gasteiger partial charge in [0, 0.05) is 33.5 Å². The summed E-state index contributed by atoms with van der Waals surface area (Å²) in [5.74, 6) is 0. The van der Waals surface area contributed by atoms with Crippen LogP contribution >= 0.6 is 0 Å². The Labute approximate surface area is 259 Å². The van der Waals surface area contributed by atoms with E-state index in [1.807, 2.05) is 12.2 Å². The van der Waals surface area contributed by atoms with Crippen molar-refractivity contribution in [2.24, 2.45) is 0 Å². The summed E-state index contributed by atoms with van der Waals surface area (Å²) < 4.78 is 0. The molecule has 44 heavy (non-hydrogen) atoms. The standard InChI is InChI=1S/C42H32N2/c1-3-31-25-27-35(28-26-31)43(41-23-10-16-33-14-5-7-21-39(33)41)37-19-12-20-38(30-37)44(36-18-9-13-32(4-2)29-36)42-24-11-17-34-15-6-8-22-40(34)42/h3-30H,1-2H2. The first-order valence-electron chi connectivity index (χ1n) is 14.8. The number of fused-ring (bicyclic) bond motifs is 2. The van der Waals surface area contributed by atoms with Gasteiger partial charge in [0.15, 0.2) is 0 Å². The molecule has 0 fully saturated rings. The number of benzene rings is 7. The van der Waals surface area contributed by atoms with Crippen molar-refractivity contribution in [3.8, 4) is 0 Å². The summed E-state index contributed by atoms with van der Waals surface area (Å²) in [4.78, 5) is 4.70. The second kappa shape index (κ2) is 11.8. The van der Waals surface area contributed by atoms with Crippen molar-refractivity contribution < 1.29 is 0 Å². The van der Waals surface area contributed by atoms with Crippen LogP contribution < -0.4 is 9.80 Å². The maximum absolute atomic E-state index is 4.04. The summed E-state index contributed by atoms with van der Waals surface area (Å²) in [7, 11) is 0. The number of hydrogen-bond acceptors (Lipinski definition) is 2. The zero-order valence-electron chi connectivity index (χ0n) is 24.5. The number of hydrogen-bond donors (Lipinski definition) is 0. The minimum atomic E-state index is 1.06. The molecule has 7 aromatic rings. The summed E-state index contributed by atoms with van der Waals surface area (Å²) in [6.07, 6.45) is 3.78. The Kier molecular flexibility index (Phi) is 7.24. The van der Waals surface area contributed by atoms with Gasteiger partial charge in [0.1, 0.15) is 0 Å². The third kappa shape index (κ3) is 5.04. The van der Waals surface area contributed by atoms with Crippen LogP contribution in [0.1, 0.15) is 11.1 Å². The average Bonchev–Trinajstić information content (AvgIpc) is 3.09. The molecule has 0 atom stereocenters. The van der Waals surface area contributed by atoms with Crippen molar-refractivity contribution in [2.45, 2.75) is 0 Å². The van der Waals surface area contributed by atoms with E-state index in [1.165, 1.54) is 21.5 Å². The van der Waals surface area contributed by atoms with Gasteiger partial charge in [-0.2, -0.15) is 0 Å². The molecule has 0 saturated carbocycles. The quantitative estimate of drug-likeness (QED) is 0.181. The van der Waals surface area contributed by atoms with Crippen molar-refractivity contribution in [3.05, 3.63) is 182 Å². The topological polar surface area (TPSA) is 6.48 Å².